The van der Waals surface area contributed by atoms with E-state index >= 15 is 0 Å². The number of hydrogen-bond acceptors (Lipinski definition) is 3. The number of benzene rings is 1. The van der Waals surface area contributed by atoms with Gasteiger partial charge in [-0.1, -0.05) is 55.2 Å². The smallest absolute Gasteiger partial charge is 0.266 e. The molecule has 2 rings (SSSR count). The number of aryl methyl sites for hydroxylation is 1. The summed E-state index contributed by atoms with van der Waals surface area (Å²) < 4.78 is 0.638. The van der Waals surface area contributed by atoms with Crippen LogP contribution in [-0.4, -0.2) is 20.7 Å². The van der Waals surface area contributed by atoms with Crippen molar-refractivity contribution in [1.29, 1.82) is 0 Å². The van der Waals surface area contributed by atoms with Crippen molar-refractivity contribution in [2.45, 2.75) is 39.7 Å². The largest absolute Gasteiger partial charge is 0.288 e. The van der Waals surface area contributed by atoms with Gasteiger partial charge in [0.25, 0.3) is 5.91 Å². The Kier molecular flexibility index (Phi) is 4.35. The Morgan fingerprint density at radius 1 is 1.25 bits per heavy atom. The molecule has 1 aromatic rings. The maximum absolute atomic E-state index is 12.4. The molecule has 0 radical (unpaired) electrons. The molecule has 20 heavy (non-hydrogen) atoms. The third-order valence-electron chi connectivity index (χ3n) is 3.15. The molecule has 0 bridgehead atoms. The van der Waals surface area contributed by atoms with Crippen molar-refractivity contribution >= 4 is 40.3 Å². The maximum Gasteiger partial charge on any atom is 0.266 e. The van der Waals surface area contributed by atoms with E-state index in [0.29, 0.717) is 9.23 Å². The average molecular weight is 305 g/mol. The molecule has 106 valence electrons. The third kappa shape index (κ3) is 3.13. The molecule has 0 aromatic heterocycles. The first kappa shape index (κ1) is 15.3. The van der Waals surface area contributed by atoms with Crippen LogP contribution in [0.3, 0.4) is 0 Å². The lowest BCUT2D eigenvalue weighted by molar-refractivity contribution is -0.125. The minimum atomic E-state index is -0.275. The van der Waals surface area contributed by atoms with Gasteiger partial charge in [-0.2, -0.15) is 0 Å². The maximum atomic E-state index is 12.4. The molecule has 0 saturated carbocycles. The fraction of sp³-hybridized carbons (Fsp3) is 0.375. The van der Waals surface area contributed by atoms with E-state index in [2.05, 4.69) is 19.1 Å². The number of thiocarbonyl (C=S) groups is 1. The van der Waals surface area contributed by atoms with E-state index < -0.39 is 0 Å². The molecule has 0 aliphatic carbocycles. The van der Waals surface area contributed by atoms with Crippen molar-refractivity contribution in [2.24, 2.45) is 0 Å². The molecule has 2 nitrogen and oxygen atoms in total. The first-order valence-corrected chi connectivity index (χ1v) is 7.92. The number of rotatable bonds is 2. The lowest BCUT2D eigenvalue weighted by Gasteiger charge is -2.30. The van der Waals surface area contributed by atoms with Crippen LogP contribution in [0.15, 0.2) is 29.2 Å². The lowest BCUT2D eigenvalue weighted by Crippen LogP contribution is -2.44. The van der Waals surface area contributed by atoms with Gasteiger partial charge in [0.15, 0.2) is 0 Å². The fourth-order valence-electron chi connectivity index (χ4n) is 2.05. The van der Waals surface area contributed by atoms with E-state index in [1.807, 2.05) is 39.0 Å². The second-order valence-electron chi connectivity index (χ2n) is 5.78. The zero-order valence-electron chi connectivity index (χ0n) is 12.3. The Bertz CT molecular complexity index is 567. The molecule has 0 unspecified atom stereocenters. The Morgan fingerprint density at radius 2 is 1.85 bits per heavy atom. The van der Waals surface area contributed by atoms with Crippen molar-refractivity contribution in [3.05, 3.63) is 40.3 Å². The Labute approximate surface area is 130 Å². The first-order valence-electron chi connectivity index (χ1n) is 6.70. The molecule has 0 N–H and O–H groups in total. The number of carbonyl (C=O) groups is 1. The monoisotopic (exact) mass is 305 g/mol. The van der Waals surface area contributed by atoms with Crippen LogP contribution in [0.2, 0.25) is 0 Å². The van der Waals surface area contributed by atoms with E-state index in [1.165, 1.54) is 17.3 Å². The number of thioether (sulfide) groups is 1. The summed E-state index contributed by atoms with van der Waals surface area (Å²) in [4.78, 5) is 14.8. The van der Waals surface area contributed by atoms with Gasteiger partial charge in [-0.3, -0.25) is 9.69 Å². The quantitative estimate of drug-likeness (QED) is 0.602. The lowest BCUT2D eigenvalue weighted by atomic mass is 10.1. The normalized spacial score (nSPS) is 18.2. The SMILES string of the molecule is CCc1ccc(C=C2SC(=S)N(C(C)(C)C)C2=O)cc1. The molecule has 0 spiro atoms. The van der Waals surface area contributed by atoms with Gasteiger partial charge in [0.05, 0.1) is 4.91 Å². The highest BCUT2D eigenvalue weighted by molar-refractivity contribution is 8.26. The molecule has 1 heterocycles. The van der Waals surface area contributed by atoms with Crippen LogP contribution in [-0.2, 0) is 11.2 Å². The van der Waals surface area contributed by atoms with Crippen molar-refractivity contribution < 1.29 is 4.79 Å². The highest BCUT2D eigenvalue weighted by atomic mass is 32.2. The van der Waals surface area contributed by atoms with Crippen LogP contribution in [0.4, 0.5) is 0 Å². The van der Waals surface area contributed by atoms with Crippen molar-refractivity contribution in [3.8, 4) is 0 Å². The average Bonchev–Trinajstić information content (AvgIpc) is 2.64. The zero-order valence-corrected chi connectivity index (χ0v) is 13.9. The van der Waals surface area contributed by atoms with Crippen LogP contribution in [0, 0.1) is 0 Å². The van der Waals surface area contributed by atoms with Crippen LogP contribution in [0.25, 0.3) is 6.08 Å². The van der Waals surface area contributed by atoms with E-state index in [0.717, 1.165) is 12.0 Å². The molecule has 1 aromatic carbocycles. The summed E-state index contributed by atoms with van der Waals surface area (Å²) in [6.07, 6.45) is 2.94. The molecule has 1 amide bonds. The van der Waals surface area contributed by atoms with Crippen LogP contribution >= 0.6 is 24.0 Å². The second kappa shape index (κ2) is 5.70. The van der Waals surface area contributed by atoms with Gasteiger partial charge in [-0.05, 0) is 44.4 Å². The van der Waals surface area contributed by atoms with E-state index in [-0.39, 0.29) is 11.4 Å². The number of carbonyl (C=O) groups excluding carboxylic acids is 1. The number of hydrogen-bond donors (Lipinski definition) is 0. The van der Waals surface area contributed by atoms with E-state index in [4.69, 9.17) is 12.2 Å². The molecule has 0 atom stereocenters. The predicted octanol–water partition coefficient (Wildman–Crippen LogP) is 4.25. The standard InChI is InChI=1S/C16H19NOS2/c1-5-11-6-8-12(9-7-11)10-13-14(18)17(15(19)20-13)16(2,3)4/h6-10H,5H2,1-4H3. The molecular formula is C16H19NOS2. The summed E-state index contributed by atoms with van der Waals surface area (Å²) in [5, 5.41) is 0. The van der Waals surface area contributed by atoms with Gasteiger partial charge in [0.2, 0.25) is 0 Å². The van der Waals surface area contributed by atoms with Crippen LogP contribution in [0.5, 0.6) is 0 Å². The number of nitrogens with zero attached hydrogens (tertiary/aromatic N) is 1. The number of amides is 1. The van der Waals surface area contributed by atoms with Gasteiger partial charge in [-0.25, -0.2) is 0 Å². The summed E-state index contributed by atoms with van der Waals surface area (Å²) in [6, 6.07) is 8.28. The highest BCUT2D eigenvalue weighted by Gasteiger charge is 2.38. The molecule has 1 fully saturated rings. The summed E-state index contributed by atoms with van der Waals surface area (Å²) >= 11 is 6.71. The van der Waals surface area contributed by atoms with Gasteiger partial charge in [0, 0.05) is 5.54 Å². The third-order valence-corrected chi connectivity index (χ3v) is 4.45. The second-order valence-corrected chi connectivity index (χ2v) is 7.46. The Hall–Kier alpha value is -1.13. The topological polar surface area (TPSA) is 20.3 Å². The molecule has 1 saturated heterocycles. The van der Waals surface area contributed by atoms with Gasteiger partial charge in [-0.15, -0.1) is 0 Å². The molecular weight excluding hydrogens is 286 g/mol. The Morgan fingerprint density at radius 3 is 2.30 bits per heavy atom. The van der Waals surface area contributed by atoms with Crippen LogP contribution in [0.1, 0.15) is 38.8 Å². The summed E-state index contributed by atoms with van der Waals surface area (Å²) in [5.74, 6) is 0.00654. The highest BCUT2D eigenvalue weighted by Crippen LogP contribution is 2.36. The van der Waals surface area contributed by atoms with Crippen molar-refractivity contribution in [3.63, 3.8) is 0 Å². The summed E-state index contributed by atoms with van der Waals surface area (Å²) in [7, 11) is 0. The summed E-state index contributed by atoms with van der Waals surface area (Å²) in [6.45, 7) is 8.12. The minimum Gasteiger partial charge on any atom is -0.288 e. The van der Waals surface area contributed by atoms with Gasteiger partial charge >= 0.3 is 0 Å². The van der Waals surface area contributed by atoms with Crippen LogP contribution < -0.4 is 0 Å². The van der Waals surface area contributed by atoms with Gasteiger partial charge in [0.1, 0.15) is 4.32 Å². The van der Waals surface area contributed by atoms with E-state index in [1.54, 1.807) is 4.90 Å². The zero-order chi connectivity index (χ0) is 14.9. The van der Waals surface area contributed by atoms with Crippen molar-refractivity contribution in [2.75, 3.05) is 0 Å². The molecule has 1 aliphatic heterocycles. The minimum absolute atomic E-state index is 0.00654. The Balaban J connectivity index is 2.27. The first-order chi connectivity index (χ1) is 9.32. The van der Waals surface area contributed by atoms with E-state index in [9.17, 15) is 4.79 Å². The molecule has 1 aliphatic rings. The predicted molar refractivity (Wildman–Crippen MR) is 90.6 cm³/mol. The molecule has 4 heteroatoms. The summed E-state index contributed by atoms with van der Waals surface area (Å²) in [5.41, 5.74) is 2.06. The van der Waals surface area contributed by atoms with Crippen molar-refractivity contribution in [1.82, 2.24) is 4.90 Å². The van der Waals surface area contributed by atoms with Gasteiger partial charge < -0.3 is 0 Å². The fourth-order valence-corrected chi connectivity index (χ4v) is 3.68.